The lowest BCUT2D eigenvalue weighted by Crippen LogP contribution is -2.40. The molecule has 29 heavy (non-hydrogen) atoms. The summed E-state index contributed by atoms with van der Waals surface area (Å²) in [5.74, 6) is 4.72. The highest BCUT2D eigenvalue weighted by Crippen LogP contribution is 2.49. The van der Waals surface area contributed by atoms with Gasteiger partial charge in [-0.15, -0.1) is 0 Å². The molecule has 154 valence electrons. The third-order valence-corrected chi connectivity index (χ3v) is 6.96. The van der Waals surface area contributed by atoms with Crippen molar-refractivity contribution in [2.24, 2.45) is 11.8 Å². The summed E-state index contributed by atoms with van der Waals surface area (Å²) < 4.78 is 0. The highest BCUT2D eigenvalue weighted by atomic mass is 35.5. The van der Waals surface area contributed by atoms with Crippen molar-refractivity contribution in [3.8, 4) is 0 Å². The third kappa shape index (κ3) is 3.70. The molecule has 1 aromatic heterocycles. The van der Waals surface area contributed by atoms with Gasteiger partial charge in [0, 0.05) is 29.7 Å². The molecule has 0 N–H and O–H groups in total. The average molecular weight is 431 g/mol. The van der Waals surface area contributed by atoms with Gasteiger partial charge in [-0.25, -0.2) is 9.97 Å². The summed E-state index contributed by atoms with van der Waals surface area (Å²) in [6.07, 6.45) is 7.59. The van der Waals surface area contributed by atoms with Crippen LogP contribution < -0.4 is 9.80 Å². The van der Waals surface area contributed by atoms with Crippen LogP contribution in [0.3, 0.4) is 0 Å². The Balaban J connectivity index is 1.57. The second-order valence-corrected chi connectivity index (χ2v) is 9.60. The van der Waals surface area contributed by atoms with Gasteiger partial charge in [-0.2, -0.15) is 0 Å². The van der Waals surface area contributed by atoms with Crippen molar-refractivity contribution in [2.45, 2.75) is 58.4 Å². The first-order valence-corrected chi connectivity index (χ1v) is 11.7. The van der Waals surface area contributed by atoms with Crippen molar-refractivity contribution < 1.29 is 0 Å². The topological polar surface area (TPSA) is 32.3 Å². The van der Waals surface area contributed by atoms with Crippen molar-refractivity contribution in [3.63, 3.8) is 0 Å². The van der Waals surface area contributed by atoms with Gasteiger partial charge in [-0.05, 0) is 75.5 Å². The molecule has 2 aliphatic carbocycles. The average Bonchev–Trinajstić information content (AvgIpc) is 3.61. The number of aryl methyl sites for hydroxylation is 1. The fraction of sp³-hybridized carbons (Fsp3) is 0.565. The van der Waals surface area contributed by atoms with E-state index in [1.807, 2.05) is 25.1 Å². The fourth-order valence-electron chi connectivity index (χ4n) is 4.92. The van der Waals surface area contributed by atoms with Crippen LogP contribution in [0, 0.1) is 18.8 Å². The van der Waals surface area contributed by atoms with E-state index >= 15 is 0 Å². The minimum absolute atomic E-state index is 0.654. The normalized spacial score (nSPS) is 18.4. The molecule has 2 aromatic rings. The van der Waals surface area contributed by atoms with Crippen LogP contribution in [-0.2, 0) is 6.42 Å². The molecule has 6 heteroatoms. The molecule has 2 fully saturated rings. The Morgan fingerprint density at radius 3 is 2.48 bits per heavy atom. The lowest BCUT2D eigenvalue weighted by Gasteiger charge is -2.34. The molecule has 1 aliphatic heterocycles. The van der Waals surface area contributed by atoms with Crippen molar-refractivity contribution in [3.05, 3.63) is 39.6 Å². The van der Waals surface area contributed by atoms with Gasteiger partial charge in [0.1, 0.15) is 17.5 Å². The minimum atomic E-state index is 0.654. The number of hydrogen-bond acceptors (Lipinski definition) is 4. The zero-order chi connectivity index (χ0) is 20.1. The lowest BCUT2D eigenvalue weighted by atomic mass is 10.0. The Hall–Kier alpha value is -1.52. The molecular formula is C23H28Cl2N4. The maximum atomic E-state index is 6.54. The number of halogens is 2. The van der Waals surface area contributed by atoms with E-state index in [-0.39, 0.29) is 0 Å². The van der Waals surface area contributed by atoms with E-state index in [0.29, 0.717) is 16.1 Å². The Kier molecular flexibility index (Phi) is 5.11. The number of hydrogen-bond donors (Lipinski definition) is 0. The van der Waals surface area contributed by atoms with Crippen LogP contribution in [0.15, 0.2) is 18.2 Å². The van der Waals surface area contributed by atoms with Gasteiger partial charge in [0.05, 0.1) is 10.7 Å². The smallest absolute Gasteiger partial charge is 0.142 e. The summed E-state index contributed by atoms with van der Waals surface area (Å²) in [6.45, 7) is 6.23. The van der Waals surface area contributed by atoms with E-state index in [2.05, 4.69) is 16.7 Å². The van der Waals surface area contributed by atoms with Crippen LogP contribution >= 0.6 is 23.2 Å². The standard InChI is InChI=1S/C23H28Cl2N4/c1-3-11-29(21(15-4-5-15)16-6-7-16)23-18-10-12-28(22(18)26-14(2)27-23)20-9-8-17(24)13-19(20)25/h8-9,13,15-16,21H,3-7,10-12H2,1-2H3. The molecule has 0 spiro atoms. The number of benzene rings is 1. The second-order valence-electron chi connectivity index (χ2n) is 8.75. The molecule has 0 radical (unpaired) electrons. The first-order chi connectivity index (χ1) is 14.1. The molecular weight excluding hydrogens is 403 g/mol. The van der Waals surface area contributed by atoms with E-state index in [1.54, 1.807) is 0 Å². The van der Waals surface area contributed by atoms with Gasteiger partial charge in [-0.1, -0.05) is 30.1 Å². The summed E-state index contributed by atoms with van der Waals surface area (Å²) >= 11 is 12.7. The Bertz CT molecular complexity index is 911. The number of anilines is 3. The monoisotopic (exact) mass is 430 g/mol. The van der Waals surface area contributed by atoms with E-state index < -0.39 is 0 Å². The second kappa shape index (κ2) is 7.63. The van der Waals surface area contributed by atoms with E-state index in [9.17, 15) is 0 Å². The molecule has 0 bridgehead atoms. The first kappa shape index (κ1) is 19.4. The number of aromatic nitrogens is 2. The Morgan fingerprint density at radius 1 is 1.14 bits per heavy atom. The predicted molar refractivity (Wildman–Crippen MR) is 121 cm³/mol. The maximum absolute atomic E-state index is 6.54. The molecule has 5 rings (SSSR count). The number of rotatable bonds is 7. The zero-order valence-corrected chi connectivity index (χ0v) is 18.7. The molecule has 2 heterocycles. The molecule has 3 aliphatic rings. The third-order valence-electron chi connectivity index (χ3n) is 6.42. The molecule has 4 nitrogen and oxygen atoms in total. The first-order valence-electron chi connectivity index (χ1n) is 10.9. The molecule has 0 unspecified atom stereocenters. The molecule has 0 amide bonds. The van der Waals surface area contributed by atoms with Crippen LogP contribution in [0.2, 0.25) is 10.0 Å². The van der Waals surface area contributed by atoms with E-state index in [0.717, 1.165) is 55.1 Å². The van der Waals surface area contributed by atoms with Gasteiger partial charge in [0.15, 0.2) is 0 Å². The lowest BCUT2D eigenvalue weighted by molar-refractivity contribution is 0.472. The summed E-state index contributed by atoms with van der Waals surface area (Å²) in [5.41, 5.74) is 2.25. The van der Waals surface area contributed by atoms with Crippen LogP contribution in [0.1, 0.15) is 50.4 Å². The fourth-order valence-corrected chi connectivity index (χ4v) is 5.43. The molecule has 1 aromatic carbocycles. The molecule has 0 atom stereocenters. The quantitative estimate of drug-likeness (QED) is 0.523. The Morgan fingerprint density at radius 2 is 1.86 bits per heavy atom. The van der Waals surface area contributed by atoms with Gasteiger partial charge in [0.2, 0.25) is 0 Å². The maximum Gasteiger partial charge on any atom is 0.142 e. The summed E-state index contributed by atoms with van der Waals surface area (Å²) in [5, 5.41) is 1.32. The van der Waals surface area contributed by atoms with Crippen LogP contribution in [-0.4, -0.2) is 29.1 Å². The van der Waals surface area contributed by atoms with Crippen molar-refractivity contribution >= 4 is 40.5 Å². The van der Waals surface area contributed by atoms with E-state index in [4.69, 9.17) is 33.2 Å². The van der Waals surface area contributed by atoms with Crippen molar-refractivity contribution in [1.82, 2.24) is 9.97 Å². The highest BCUT2D eigenvalue weighted by Gasteiger charge is 2.46. The largest absolute Gasteiger partial charge is 0.353 e. The Labute approximate surface area is 183 Å². The van der Waals surface area contributed by atoms with Crippen LogP contribution in [0.4, 0.5) is 17.3 Å². The summed E-state index contributed by atoms with van der Waals surface area (Å²) in [7, 11) is 0. The van der Waals surface area contributed by atoms with Gasteiger partial charge < -0.3 is 9.80 Å². The van der Waals surface area contributed by atoms with Crippen LogP contribution in [0.25, 0.3) is 0 Å². The predicted octanol–water partition coefficient (Wildman–Crippen LogP) is 6.19. The molecule has 2 saturated carbocycles. The number of nitrogens with zero attached hydrogens (tertiary/aromatic N) is 4. The molecule has 0 saturated heterocycles. The van der Waals surface area contributed by atoms with Gasteiger partial charge in [-0.3, -0.25) is 0 Å². The SMILES string of the molecule is CCCN(c1nc(C)nc2c1CCN2c1ccc(Cl)cc1Cl)C(C1CC1)C1CC1. The van der Waals surface area contributed by atoms with Crippen molar-refractivity contribution in [1.29, 1.82) is 0 Å². The summed E-state index contributed by atoms with van der Waals surface area (Å²) in [4.78, 5) is 14.7. The van der Waals surface area contributed by atoms with Crippen LogP contribution in [0.5, 0.6) is 0 Å². The van der Waals surface area contributed by atoms with E-state index in [1.165, 1.54) is 37.1 Å². The van der Waals surface area contributed by atoms with Crippen molar-refractivity contribution in [2.75, 3.05) is 22.9 Å². The summed E-state index contributed by atoms with van der Waals surface area (Å²) in [6, 6.07) is 6.36. The highest BCUT2D eigenvalue weighted by molar-refractivity contribution is 6.36. The minimum Gasteiger partial charge on any atom is -0.353 e. The van der Waals surface area contributed by atoms with Gasteiger partial charge in [0.25, 0.3) is 0 Å². The number of fused-ring (bicyclic) bond motifs is 1. The zero-order valence-electron chi connectivity index (χ0n) is 17.2. The van der Waals surface area contributed by atoms with Gasteiger partial charge >= 0.3 is 0 Å².